The van der Waals surface area contributed by atoms with Crippen LogP contribution in [0.4, 0.5) is 0 Å². The van der Waals surface area contributed by atoms with Crippen LogP contribution >= 0.6 is 0 Å². The number of aryl methyl sites for hydroxylation is 1. The Morgan fingerprint density at radius 3 is 2.67 bits per heavy atom. The lowest BCUT2D eigenvalue weighted by Crippen LogP contribution is -2.56. The third-order valence-electron chi connectivity index (χ3n) is 3.89. The zero-order valence-corrected chi connectivity index (χ0v) is 10.4. The van der Waals surface area contributed by atoms with E-state index in [0.717, 1.165) is 12.8 Å². The summed E-state index contributed by atoms with van der Waals surface area (Å²) in [5.74, 6) is 1.20. The molecule has 1 amide bonds. The molecule has 1 saturated heterocycles. The van der Waals surface area contributed by atoms with E-state index in [4.69, 9.17) is 4.52 Å². The van der Waals surface area contributed by atoms with Crippen molar-refractivity contribution in [3.05, 3.63) is 11.7 Å². The van der Waals surface area contributed by atoms with Crippen LogP contribution in [0.1, 0.15) is 43.3 Å². The number of hydrogen-bond acceptors (Lipinski definition) is 5. The van der Waals surface area contributed by atoms with Gasteiger partial charge in [0.15, 0.2) is 5.82 Å². The van der Waals surface area contributed by atoms with Crippen LogP contribution in [0.3, 0.4) is 0 Å². The zero-order valence-electron chi connectivity index (χ0n) is 10.4. The Labute approximate surface area is 105 Å². The molecule has 1 saturated carbocycles. The third-order valence-corrected chi connectivity index (χ3v) is 3.89. The van der Waals surface area contributed by atoms with E-state index in [2.05, 4.69) is 10.1 Å². The number of carbonyl (C=O) groups is 1. The Morgan fingerprint density at radius 2 is 2.11 bits per heavy atom. The van der Waals surface area contributed by atoms with Crippen molar-refractivity contribution in [1.29, 1.82) is 0 Å². The normalized spacial score (nSPS) is 23.1. The molecule has 0 aromatic carbocycles. The first kappa shape index (κ1) is 11.6. The highest BCUT2D eigenvalue weighted by atomic mass is 16.5. The molecule has 0 radical (unpaired) electrons. The molecule has 1 aromatic heterocycles. The molecule has 1 N–H and O–H groups in total. The maximum atomic E-state index is 12.1. The molecule has 0 spiro atoms. The van der Waals surface area contributed by atoms with Crippen molar-refractivity contribution in [3.8, 4) is 0 Å². The second-order valence-electron chi connectivity index (χ2n) is 5.33. The Bertz CT molecular complexity index is 459. The first-order valence-corrected chi connectivity index (χ1v) is 6.40. The molecule has 1 aliphatic carbocycles. The minimum Gasteiger partial charge on any atom is -0.380 e. The summed E-state index contributed by atoms with van der Waals surface area (Å²) < 4.78 is 5.09. The second-order valence-corrected chi connectivity index (χ2v) is 5.33. The summed E-state index contributed by atoms with van der Waals surface area (Å²) in [7, 11) is 0. The smallest absolute Gasteiger partial charge is 0.254 e. The number of likely N-dealkylation sites (tertiary alicyclic amines) is 1. The van der Waals surface area contributed by atoms with Crippen molar-refractivity contribution in [2.45, 2.75) is 44.1 Å². The van der Waals surface area contributed by atoms with E-state index in [-0.39, 0.29) is 11.8 Å². The van der Waals surface area contributed by atoms with Gasteiger partial charge in [-0.3, -0.25) is 4.79 Å². The van der Waals surface area contributed by atoms with Crippen LogP contribution in [0.25, 0.3) is 0 Å². The van der Waals surface area contributed by atoms with Crippen molar-refractivity contribution >= 4 is 5.91 Å². The van der Waals surface area contributed by atoms with Gasteiger partial charge in [-0.2, -0.15) is 4.98 Å². The lowest BCUT2D eigenvalue weighted by molar-refractivity contribution is -0.155. The topological polar surface area (TPSA) is 79.5 Å². The molecule has 1 aromatic rings. The highest BCUT2D eigenvalue weighted by Gasteiger charge is 2.46. The monoisotopic (exact) mass is 251 g/mol. The first-order valence-electron chi connectivity index (χ1n) is 6.40. The van der Waals surface area contributed by atoms with Gasteiger partial charge in [-0.1, -0.05) is 5.16 Å². The summed E-state index contributed by atoms with van der Waals surface area (Å²) in [6.45, 7) is 2.92. The average molecular weight is 251 g/mol. The molecular formula is C12H17N3O3. The molecular weight excluding hydrogens is 234 g/mol. The van der Waals surface area contributed by atoms with Gasteiger partial charge >= 0.3 is 0 Å². The van der Waals surface area contributed by atoms with Crippen LogP contribution in [-0.4, -0.2) is 44.7 Å². The third kappa shape index (κ3) is 1.80. The minimum absolute atomic E-state index is 0.125. The van der Waals surface area contributed by atoms with Gasteiger partial charge in [-0.05, 0) is 32.6 Å². The van der Waals surface area contributed by atoms with Crippen molar-refractivity contribution < 1.29 is 14.4 Å². The van der Waals surface area contributed by atoms with E-state index in [9.17, 15) is 9.90 Å². The van der Waals surface area contributed by atoms with Gasteiger partial charge in [-0.15, -0.1) is 0 Å². The predicted octanol–water partition coefficient (Wildman–Crippen LogP) is 0.609. The van der Waals surface area contributed by atoms with Gasteiger partial charge in [0.25, 0.3) is 5.91 Å². The molecule has 2 heterocycles. The van der Waals surface area contributed by atoms with Crippen LogP contribution in [0.15, 0.2) is 4.52 Å². The molecule has 1 aliphatic heterocycles. The van der Waals surface area contributed by atoms with E-state index in [1.165, 1.54) is 0 Å². The predicted molar refractivity (Wildman–Crippen MR) is 61.8 cm³/mol. The van der Waals surface area contributed by atoms with Crippen molar-refractivity contribution in [1.82, 2.24) is 15.0 Å². The van der Waals surface area contributed by atoms with Gasteiger partial charge in [0, 0.05) is 13.1 Å². The van der Waals surface area contributed by atoms with Gasteiger partial charge in [-0.25, -0.2) is 0 Å². The lowest BCUT2D eigenvalue weighted by Gasteiger charge is -2.40. The summed E-state index contributed by atoms with van der Waals surface area (Å²) >= 11 is 0. The molecule has 2 aliphatic rings. The molecule has 18 heavy (non-hydrogen) atoms. The van der Waals surface area contributed by atoms with Crippen LogP contribution in [-0.2, 0) is 4.79 Å². The van der Waals surface area contributed by atoms with E-state index < -0.39 is 5.60 Å². The SMILES string of the molecule is Cc1noc(C2CN(C(=O)C3(O)CCCC3)C2)n1. The van der Waals surface area contributed by atoms with Gasteiger partial charge < -0.3 is 14.5 Å². The standard InChI is InChI=1S/C12H17N3O3/c1-8-13-10(18-14-8)9-6-15(7-9)11(16)12(17)4-2-3-5-12/h9,17H,2-7H2,1H3. The minimum atomic E-state index is -1.12. The number of carbonyl (C=O) groups excluding carboxylic acids is 1. The fraction of sp³-hybridized carbons (Fsp3) is 0.750. The van der Waals surface area contributed by atoms with Crippen molar-refractivity contribution in [2.24, 2.45) is 0 Å². The molecule has 2 fully saturated rings. The summed E-state index contributed by atoms with van der Waals surface area (Å²) in [6, 6.07) is 0. The maximum Gasteiger partial charge on any atom is 0.254 e. The highest BCUT2D eigenvalue weighted by molar-refractivity contribution is 5.86. The molecule has 0 unspecified atom stereocenters. The van der Waals surface area contributed by atoms with E-state index in [1.54, 1.807) is 11.8 Å². The largest absolute Gasteiger partial charge is 0.380 e. The van der Waals surface area contributed by atoms with Crippen LogP contribution in [0.2, 0.25) is 0 Å². The van der Waals surface area contributed by atoms with E-state index in [0.29, 0.717) is 37.6 Å². The van der Waals surface area contributed by atoms with Gasteiger partial charge in [0.2, 0.25) is 5.89 Å². The quantitative estimate of drug-likeness (QED) is 0.833. The molecule has 3 rings (SSSR count). The number of aliphatic hydroxyl groups is 1. The van der Waals surface area contributed by atoms with Crippen molar-refractivity contribution in [2.75, 3.05) is 13.1 Å². The van der Waals surface area contributed by atoms with E-state index in [1.807, 2.05) is 0 Å². The fourth-order valence-corrected chi connectivity index (χ4v) is 2.75. The van der Waals surface area contributed by atoms with Gasteiger partial charge in [0.1, 0.15) is 5.60 Å². The zero-order chi connectivity index (χ0) is 12.8. The van der Waals surface area contributed by atoms with Crippen LogP contribution < -0.4 is 0 Å². The average Bonchev–Trinajstić information content (AvgIpc) is 2.87. The Balaban J connectivity index is 1.60. The summed E-state index contributed by atoms with van der Waals surface area (Å²) in [6.07, 6.45) is 3.05. The molecule has 0 bridgehead atoms. The fourth-order valence-electron chi connectivity index (χ4n) is 2.75. The number of aromatic nitrogens is 2. The Morgan fingerprint density at radius 1 is 1.44 bits per heavy atom. The van der Waals surface area contributed by atoms with Crippen LogP contribution in [0, 0.1) is 6.92 Å². The molecule has 6 nitrogen and oxygen atoms in total. The van der Waals surface area contributed by atoms with Crippen LogP contribution in [0.5, 0.6) is 0 Å². The Kier molecular flexibility index (Phi) is 2.62. The molecule has 98 valence electrons. The van der Waals surface area contributed by atoms with E-state index >= 15 is 0 Å². The summed E-state index contributed by atoms with van der Waals surface area (Å²) in [5, 5.41) is 14.0. The maximum absolute atomic E-state index is 12.1. The Hall–Kier alpha value is -1.43. The second kappa shape index (κ2) is 4.05. The summed E-state index contributed by atoms with van der Waals surface area (Å²) in [4.78, 5) is 18.0. The first-order chi connectivity index (χ1) is 8.58. The molecule has 0 atom stereocenters. The number of rotatable bonds is 2. The number of amides is 1. The number of nitrogens with zero attached hydrogens (tertiary/aromatic N) is 3. The van der Waals surface area contributed by atoms with Crippen molar-refractivity contribution in [3.63, 3.8) is 0 Å². The van der Waals surface area contributed by atoms with Gasteiger partial charge in [0.05, 0.1) is 5.92 Å². The number of hydrogen-bond donors (Lipinski definition) is 1. The molecule has 6 heteroatoms. The highest BCUT2D eigenvalue weighted by Crippen LogP contribution is 2.35. The summed E-state index contributed by atoms with van der Waals surface area (Å²) in [5.41, 5.74) is -1.12. The lowest BCUT2D eigenvalue weighted by atomic mass is 9.94.